The van der Waals surface area contributed by atoms with Crippen molar-refractivity contribution in [1.29, 1.82) is 0 Å². The molecule has 160 valence electrons. The number of fused-ring (bicyclic) bond motifs is 1. The summed E-state index contributed by atoms with van der Waals surface area (Å²) < 4.78 is 0. The predicted octanol–water partition coefficient (Wildman–Crippen LogP) is 4.78. The highest BCUT2D eigenvalue weighted by Gasteiger charge is 2.32. The van der Waals surface area contributed by atoms with Crippen LogP contribution >= 0.6 is 0 Å². The van der Waals surface area contributed by atoms with E-state index in [1.54, 1.807) is 4.90 Å². The average molecular weight is 408 g/mol. The zero-order chi connectivity index (χ0) is 21.7. The first-order valence-corrected chi connectivity index (χ1v) is 10.9. The number of rotatable bonds is 6. The van der Waals surface area contributed by atoms with E-state index in [2.05, 4.69) is 42.7 Å². The van der Waals surface area contributed by atoms with Crippen LogP contribution in [-0.4, -0.2) is 29.9 Å². The van der Waals surface area contributed by atoms with Crippen molar-refractivity contribution < 1.29 is 9.59 Å². The van der Waals surface area contributed by atoms with Gasteiger partial charge in [0, 0.05) is 25.2 Å². The standard InChI is InChI=1S/C25H33N3O2/c1-5-28(6-2)23(29)19-13-11-18(12-14-19)17-26-24(30)27-22-15-16-25(3,4)21-10-8-7-9-20(21)22/h7-14,22H,5-6,15-17H2,1-4H3,(H2,26,27,30). The van der Waals surface area contributed by atoms with E-state index in [4.69, 9.17) is 0 Å². The fraction of sp³-hybridized carbons (Fsp3) is 0.440. The third-order valence-electron chi connectivity index (χ3n) is 6.13. The fourth-order valence-corrected chi connectivity index (χ4v) is 4.21. The molecule has 1 atom stereocenters. The molecular weight excluding hydrogens is 374 g/mol. The number of hydrogen-bond donors (Lipinski definition) is 2. The Hall–Kier alpha value is -2.82. The van der Waals surface area contributed by atoms with Crippen LogP contribution in [0.25, 0.3) is 0 Å². The van der Waals surface area contributed by atoms with Crippen LogP contribution in [-0.2, 0) is 12.0 Å². The Morgan fingerprint density at radius 1 is 1.03 bits per heavy atom. The highest BCUT2D eigenvalue weighted by atomic mass is 16.2. The zero-order valence-corrected chi connectivity index (χ0v) is 18.5. The first-order chi connectivity index (χ1) is 14.4. The Morgan fingerprint density at radius 3 is 2.37 bits per heavy atom. The molecule has 0 aromatic heterocycles. The van der Waals surface area contributed by atoms with E-state index in [0.717, 1.165) is 18.4 Å². The van der Waals surface area contributed by atoms with E-state index >= 15 is 0 Å². The van der Waals surface area contributed by atoms with Gasteiger partial charge in [0.15, 0.2) is 0 Å². The Balaban J connectivity index is 1.57. The summed E-state index contributed by atoms with van der Waals surface area (Å²) in [5, 5.41) is 6.08. The number of carbonyl (C=O) groups excluding carboxylic acids is 2. The lowest BCUT2D eigenvalue weighted by Crippen LogP contribution is -2.40. The van der Waals surface area contributed by atoms with Crippen molar-refractivity contribution in [3.05, 3.63) is 70.8 Å². The fourth-order valence-electron chi connectivity index (χ4n) is 4.21. The van der Waals surface area contributed by atoms with E-state index < -0.39 is 0 Å². The molecule has 2 aromatic carbocycles. The molecular formula is C25H33N3O2. The Kier molecular flexibility index (Phi) is 6.80. The quantitative estimate of drug-likeness (QED) is 0.724. The van der Waals surface area contributed by atoms with Gasteiger partial charge in [0.1, 0.15) is 0 Å². The van der Waals surface area contributed by atoms with Crippen LogP contribution in [0, 0.1) is 0 Å². The summed E-state index contributed by atoms with van der Waals surface area (Å²) in [5.41, 5.74) is 4.30. The molecule has 3 amide bonds. The molecule has 1 unspecified atom stereocenters. The SMILES string of the molecule is CCN(CC)C(=O)c1ccc(CNC(=O)NC2CCC(C)(C)c3ccccc32)cc1. The highest BCUT2D eigenvalue weighted by Crippen LogP contribution is 2.41. The molecule has 0 bridgehead atoms. The first-order valence-electron chi connectivity index (χ1n) is 10.9. The van der Waals surface area contributed by atoms with Crippen LogP contribution in [0.2, 0.25) is 0 Å². The smallest absolute Gasteiger partial charge is 0.315 e. The molecule has 0 saturated carbocycles. The maximum absolute atomic E-state index is 12.5. The monoisotopic (exact) mass is 407 g/mol. The van der Waals surface area contributed by atoms with Crippen molar-refractivity contribution in [1.82, 2.24) is 15.5 Å². The summed E-state index contributed by atoms with van der Waals surface area (Å²) in [6, 6.07) is 15.7. The predicted molar refractivity (Wildman–Crippen MR) is 121 cm³/mol. The summed E-state index contributed by atoms with van der Waals surface area (Å²) in [6.45, 7) is 10.3. The van der Waals surface area contributed by atoms with Crippen molar-refractivity contribution in [2.24, 2.45) is 0 Å². The summed E-state index contributed by atoms with van der Waals surface area (Å²) in [5.74, 6) is 0.0381. The van der Waals surface area contributed by atoms with Gasteiger partial charge in [-0.15, -0.1) is 0 Å². The molecule has 0 radical (unpaired) electrons. The number of nitrogens with one attached hydrogen (secondary N) is 2. The van der Waals surface area contributed by atoms with Crippen molar-refractivity contribution in [2.45, 2.75) is 58.5 Å². The van der Waals surface area contributed by atoms with Crippen LogP contribution in [0.5, 0.6) is 0 Å². The molecule has 5 heteroatoms. The van der Waals surface area contributed by atoms with E-state index in [1.165, 1.54) is 11.1 Å². The molecule has 0 heterocycles. The van der Waals surface area contributed by atoms with Gasteiger partial charge in [-0.25, -0.2) is 4.79 Å². The Bertz CT molecular complexity index is 886. The van der Waals surface area contributed by atoms with Crippen LogP contribution in [0.15, 0.2) is 48.5 Å². The number of hydrogen-bond acceptors (Lipinski definition) is 2. The lowest BCUT2D eigenvalue weighted by atomic mass is 9.71. The molecule has 30 heavy (non-hydrogen) atoms. The van der Waals surface area contributed by atoms with Gasteiger partial charge < -0.3 is 15.5 Å². The molecule has 3 rings (SSSR count). The van der Waals surface area contributed by atoms with Gasteiger partial charge in [0.2, 0.25) is 0 Å². The van der Waals surface area contributed by atoms with E-state index in [1.807, 2.05) is 44.2 Å². The highest BCUT2D eigenvalue weighted by molar-refractivity contribution is 5.94. The van der Waals surface area contributed by atoms with E-state index in [9.17, 15) is 9.59 Å². The third-order valence-corrected chi connectivity index (χ3v) is 6.13. The van der Waals surface area contributed by atoms with Crippen LogP contribution < -0.4 is 10.6 Å². The van der Waals surface area contributed by atoms with Crippen LogP contribution in [0.4, 0.5) is 4.79 Å². The maximum atomic E-state index is 12.5. The molecule has 2 aromatic rings. The van der Waals surface area contributed by atoms with Gasteiger partial charge in [-0.3, -0.25) is 4.79 Å². The van der Waals surface area contributed by atoms with E-state index in [0.29, 0.717) is 25.2 Å². The zero-order valence-electron chi connectivity index (χ0n) is 18.5. The van der Waals surface area contributed by atoms with Gasteiger partial charge in [-0.05, 0) is 60.9 Å². The van der Waals surface area contributed by atoms with Crippen LogP contribution in [0.1, 0.15) is 73.6 Å². The summed E-state index contributed by atoms with van der Waals surface area (Å²) in [7, 11) is 0. The number of carbonyl (C=O) groups is 2. The van der Waals surface area contributed by atoms with Crippen molar-refractivity contribution >= 4 is 11.9 Å². The third kappa shape index (κ3) is 4.84. The number of benzene rings is 2. The van der Waals surface area contributed by atoms with Gasteiger partial charge in [0.25, 0.3) is 5.91 Å². The van der Waals surface area contributed by atoms with Gasteiger partial charge in [-0.1, -0.05) is 50.2 Å². The number of nitrogens with zero attached hydrogens (tertiary/aromatic N) is 1. The normalized spacial score (nSPS) is 17.0. The molecule has 0 spiro atoms. The Labute approximate surface area is 179 Å². The van der Waals surface area contributed by atoms with Crippen LogP contribution in [0.3, 0.4) is 0 Å². The second-order valence-corrected chi connectivity index (χ2v) is 8.56. The van der Waals surface area contributed by atoms with Gasteiger partial charge in [0.05, 0.1) is 6.04 Å². The molecule has 0 fully saturated rings. The Morgan fingerprint density at radius 2 is 1.70 bits per heavy atom. The molecule has 5 nitrogen and oxygen atoms in total. The first kappa shape index (κ1) is 21.9. The lowest BCUT2D eigenvalue weighted by molar-refractivity contribution is 0.0773. The van der Waals surface area contributed by atoms with E-state index in [-0.39, 0.29) is 23.4 Å². The lowest BCUT2D eigenvalue weighted by Gasteiger charge is -2.37. The second kappa shape index (κ2) is 9.33. The average Bonchev–Trinajstić information content (AvgIpc) is 2.75. The summed E-state index contributed by atoms with van der Waals surface area (Å²) in [4.78, 5) is 26.7. The van der Waals surface area contributed by atoms with Crippen molar-refractivity contribution in [2.75, 3.05) is 13.1 Å². The molecule has 0 saturated heterocycles. The van der Waals surface area contributed by atoms with Gasteiger partial charge >= 0.3 is 6.03 Å². The summed E-state index contributed by atoms with van der Waals surface area (Å²) in [6.07, 6.45) is 1.97. The van der Waals surface area contributed by atoms with Gasteiger partial charge in [-0.2, -0.15) is 0 Å². The number of amides is 3. The molecule has 0 aliphatic heterocycles. The minimum Gasteiger partial charge on any atom is -0.339 e. The molecule has 2 N–H and O–H groups in total. The van der Waals surface area contributed by atoms with Crippen molar-refractivity contribution in [3.63, 3.8) is 0 Å². The van der Waals surface area contributed by atoms with Crippen molar-refractivity contribution in [3.8, 4) is 0 Å². The number of urea groups is 1. The second-order valence-electron chi connectivity index (χ2n) is 8.56. The largest absolute Gasteiger partial charge is 0.339 e. The molecule has 1 aliphatic carbocycles. The molecule has 1 aliphatic rings. The minimum absolute atomic E-state index is 0.0308. The topological polar surface area (TPSA) is 61.4 Å². The minimum atomic E-state index is -0.169. The maximum Gasteiger partial charge on any atom is 0.315 e. The summed E-state index contributed by atoms with van der Waals surface area (Å²) >= 11 is 0.